The van der Waals surface area contributed by atoms with Crippen molar-refractivity contribution in [1.82, 2.24) is 0 Å². The zero-order valence-electron chi connectivity index (χ0n) is 9.83. The van der Waals surface area contributed by atoms with E-state index in [1.54, 1.807) is 0 Å². The summed E-state index contributed by atoms with van der Waals surface area (Å²) < 4.78 is 37.4. The van der Waals surface area contributed by atoms with Crippen molar-refractivity contribution >= 4 is 17.4 Å². The lowest BCUT2D eigenvalue weighted by molar-refractivity contribution is -0.127. The molecule has 0 saturated carbocycles. The van der Waals surface area contributed by atoms with Gasteiger partial charge in [-0.1, -0.05) is 18.2 Å². The van der Waals surface area contributed by atoms with Gasteiger partial charge in [-0.15, -0.1) is 6.58 Å². The van der Waals surface area contributed by atoms with Crippen LogP contribution in [0.3, 0.4) is 0 Å². The number of amides is 1. The van der Waals surface area contributed by atoms with Crippen molar-refractivity contribution in [3.63, 3.8) is 0 Å². The SMILES string of the molecule is C=CCN1C(=O)C(=O)c2c(CC(F)(F)F)cccc21. The molecule has 0 radical (unpaired) electrons. The second kappa shape index (κ2) is 4.53. The summed E-state index contributed by atoms with van der Waals surface area (Å²) in [5.41, 5.74) is -0.0989. The molecule has 1 aliphatic heterocycles. The lowest BCUT2D eigenvalue weighted by Crippen LogP contribution is -2.29. The van der Waals surface area contributed by atoms with Crippen LogP contribution in [0.5, 0.6) is 0 Å². The molecule has 19 heavy (non-hydrogen) atoms. The number of anilines is 1. The predicted octanol–water partition coefficient (Wildman–Crippen LogP) is 2.51. The number of alkyl halides is 3. The van der Waals surface area contributed by atoms with E-state index in [2.05, 4.69) is 6.58 Å². The van der Waals surface area contributed by atoms with Gasteiger partial charge in [-0.2, -0.15) is 13.2 Å². The maximum atomic E-state index is 12.5. The minimum Gasteiger partial charge on any atom is -0.301 e. The third-order valence-corrected chi connectivity index (χ3v) is 2.79. The first-order chi connectivity index (χ1) is 8.85. The molecule has 0 N–H and O–H groups in total. The molecule has 1 aromatic carbocycles. The van der Waals surface area contributed by atoms with Crippen LogP contribution in [0.1, 0.15) is 15.9 Å². The summed E-state index contributed by atoms with van der Waals surface area (Å²) in [6.07, 6.45) is -4.24. The Morgan fingerprint density at radius 1 is 1.26 bits per heavy atom. The van der Waals surface area contributed by atoms with Crippen molar-refractivity contribution in [1.29, 1.82) is 0 Å². The van der Waals surface area contributed by atoms with Crippen molar-refractivity contribution < 1.29 is 22.8 Å². The van der Waals surface area contributed by atoms with Crippen LogP contribution in [0.4, 0.5) is 18.9 Å². The molecule has 0 bridgehead atoms. The van der Waals surface area contributed by atoms with Crippen LogP contribution in [-0.2, 0) is 11.2 Å². The molecule has 0 saturated heterocycles. The second-order valence-corrected chi connectivity index (χ2v) is 4.14. The average molecular weight is 269 g/mol. The number of ketones is 1. The van der Waals surface area contributed by atoms with Crippen molar-refractivity contribution in [2.45, 2.75) is 12.6 Å². The second-order valence-electron chi connectivity index (χ2n) is 4.14. The molecule has 0 fully saturated rings. The van der Waals surface area contributed by atoms with Crippen molar-refractivity contribution in [3.8, 4) is 0 Å². The lowest BCUT2D eigenvalue weighted by atomic mass is 10.0. The molecule has 1 heterocycles. The number of fused-ring (bicyclic) bond motifs is 1. The molecule has 1 aliphatic rings. The molecule has 0 spiro atoms. The number of benzene rings is 1. The molecule has 3 nitrogen and oxygen atoms in total. The first-order valence-electron chi connectivity index (χ1n) is 5.51. The van der Waals surface area contributed by atoms with Crippen LogP contribution >= 0.6 is 0 Å². The van der Waals surface area contributed by atoms with Crippen molar-refractivity contribution in [3.05, 3.63) is 42.0 Å². The molecule has 0 aliphatic carbocycles. The molecule has 0 aromatic heterocycles. The first-order valence-corrected chi connectivity index (χ1v) is 5.51. The topological polar surface area (TPSA) is 37.4 Å². The lowest BCUT2D eigenvalue weighted by Gasteiger charge is -2.14. The highest BCUT2D eigenvalue weighted by atomic mass is 19.4. The molecule has 0 unspecified atom stereocenters. The van der Waals surface area contributed by atoms with Crippen LogP contribution in [0.2, 0.25) is 0 Å². The normalized spacial score (nSPS) is 14.8. The molecule has 6 heteroatoms. The van der Waals surface area contributed by atoms with Gasteiger partial charge in [-0.05, 0) is 11.6 Å². The van der Waals surface area contributed by atoms with Gasteiger partial charge in [0.2, 0.25) is 0 Å². The van der Waals surface area contributed by atoms with E-state index < -0.39 is 24.3 Å². The van der Waals surface area contributed by atoms with E-state index in [0.717, 1.165) is 4.90 Å². The molecule has 2 rings (SSSR count). The Hall–Kier alpha value is -2.11. The standard InChI is InChI=1S/C13H10F3NO2/c1-2-6-17-9-5-3-4-8(7-13(14,15)16)10(9)11(18)12(17)19/h2-5H,1,6-7H2. The van der Waals surface area contributed by atoms with Gasteiger partial charge in [0.1, 0.15) is 0 Å². The number of carbonyl (C=O) groups excluding carboxylic acids is 2. The Labute approximate surface area is 107 Å². The van der Waals surface area contributed by atoms with E-state index in [1.807, 2.05) is 0 Å². The average Bonchev–Trinajstić information content (AvgIpc) is 2.54. The third-order valence-electron chi connectivity index (χ3n) is 2.79. The molecule has 1 aromatic rings. The van der Waals surface area contributed by atoms with Gasteiger partial charge in [0, 0.05) is 6.54 Å². The third kappa shape index (κ3) is 2.38. The van der Waals surface area contributed by atoms with Gasteiger partial charge in [0.25, 0.3) is 11.7 Å². The van der Waals surface area contributed by atoms with Crippen LogP contribution in [-0.4, -0.2) is 24.4 Å². The first kappa shape index (κ1) is 13.3. The summed E-state index contributed by atoms with van der Waals surface area (Å²) in [4.78, 5) is 24.6. The number of hydrogen-bond donors (Lipinski definition) is 0. The summed E-state index contributed by atoms with van der Waals surface area (Å²) in [5.74, 6) is -1.71. The summed E-state index contributed by atoms with van der Waals surface area (Å²) >= 11 is 0. The van der Waals surface area contributed by atoms with E-state index in [4.69, 9.17) is 0 Å². The largest absolute Gasteiger partial charge is 0.393 e. The van der Waals surface area contributed by atoms with E-state index >= 15 is 0 Å². The highest BCUT2D eigenvalue weighted by Crippen LogP contribution is 2.34. The summed E-state index contributed by atoms with van der Waals surface area (Å²) in [7, 11) is 0. The Kier molecular flexibility index (Phi) is 3.18. The van der Waals surface area contributed by atoms with E-state index in [9.17, 15) is 22.8 Å². The minimum atomic E-state index is -4.43. The van der Waals surface area contributed by atoms with E-state index in [0.29, 0.717) is 0 Å². The highest BCUT2D eigenvalue weighted by molar-refractivity contribution is 6.52. The zero-order valence-corrected chi connectivity index (χ0v) is 9.83. The monoisotopic (exact) mass is 269 g/mol. The molecule has 100 valence electrons. The Balaban J connectivity index is 2.51. The van der Waals surface area contributed by atoms with E-state index in [1.165, 1.54) is 24.3 Å². The van der Waals surface area contributed by atoms with Crippen LogP contribution in [0.15, 0.2) is 30.9 Å². The van der Waals surface area contributed by atoms with Gasteiger partial charge in [0.15, 0.2) is 0 Å². The highest BCUT2D eigenvalue weighted by Gasteiger charge is 2.39. The number of rotatable bonds is 3. The number of halogens is 3. The van der Waals surface area contributed by atoms with Crippen molar-refractivity contribution in [2.75, 3.05) is 11.4 Å². The number of Topliss-reactive ketones (excluding diaryl/α,β-unsaturated/α-hetero) is 1. The summed E-state index contributed by atoms with van der Waals surface area (Å²) in [5, 5.41) is 0. The van der Waals surface area contributed by atoms with Gasteiger partial charge < -0.3 is 4.90 Å². The Morgan fingerprint density at radius 2 is 1.95 bits per heavy atom. The molecular weight excluding hydrogens is 259 g/mol. The molecule has 1 amide bonds. The Morgan fingerprint density at radius 3 is 2.53 bits per heavy atom. The van der Waals surface area contributed by atoms with Gasteiger partial charge in [-0.3, -0.25) is 9.59 Å². The minimum absolute atomic E-state index is 0.0903. The van der Waals surface area contributed by atoms with Crippen molar-refractivity contribution in [2.24, 2.45) is 0 Å². The molecule has 0 atom stereocenters. The van der Waals surface area contributed by atoms with E-state index in [-0.39, 0.29) is 23.4 Å². The molecular formula is C13H10F3NO2. The fraction of sp³-hybridized carbons (Fsp3) is 0.231. The summed E-state index contributed by atoms with van der Waals surface area (Å²) in [6.45, 7) is 3.54. The number of hydrogen-bond acceptors (Lipinski definition) is 2. The van der Waals surface area contributed by atoms with Crippen LogP contribution in [0.25, 0.3) is 0 Å². The Bertz CT molecular complexity index is 563. The number of nitrogens with zero attached hydrogens (tertiary/aromatic N) is 1. The maximum absolute atomic E-state index is 12.5. The van der Waals surface area contributed by atoms with Crippen LogP contribution in [0, 0.1) is 0 Å². The quantitative estimate of drug-likeness (QED) is 0.624. The smallest absolute Gasteiger partial charge is 0.301 e. The predicted molar refractivity (Wildman–Crippen MR) is 63.1 cm³/mol. The fourth-order valence-corrected chi connectivity index (χ4v) is 2.09. The fourth-order valence-electron chi connectivity index (χ4n) is 2.09. The van der Waals surface area contributed by atoms with Crippen LogP contribution < -0.4 is 4.90 Å². The number of carbonyl (C=O) groups is 2. The van der Waals surface area contributed by atoms with Gasteiger partial charge in [0.05, 0.1) is 17.7 Å². The zero-order chi connectivity index (χ0) is 14.2. The van der Waals surface area contributed by atoms with Gasteiger partial charge >= 0.3 is 6.18 Å². The maximum Gasteiger partial charge on any atom is 0.393 e. The van der Waals surface area contributed by atoms with Gasteiger partial charge in [-0.25, -0.2) is 0 Å². The summed E-state index contributed by atoms with van der Waals surface area (Å²) in [6, 6.07) is 4.08.